The molecule has 19 rings (SSSR count). The van der Waals surface area contributed by atoms with E-state index in [-0.39, 0.29) is 0 Å². The van der Waals surface area contributed by atoms with E-state index in [2.05, 4.69) is 229 Å². The lowest BCUT2D eigenvalue weighted by Crippen LogP contribution is -1.75. The quantitative estimate of drug-likeness (QED) is 0.142. The van der Waals surface area contributed by atoms with Crippen molar-refractivity contribution >= 4 is 214 Å². The van der Waals surface area contributed by atoms with Gasteiger partial charge in [0.2, 0.25) is 0 Å². The number of benzene rings is 9. The summed E-state index contributed by atoms with van der Waals surface area (Å²) in [5.74, 6) is 0. The zero-order valence-electron chi connectivity index (χ0n) is 44.0. The normalized spacial score (nSPS) is 12.3. The molecule has 84 heavy (non-hydrogen) atoms. The maximum absolute atomic E-state index is 2.41. The van der Waals surface area contributed by atoms with Crippen LogP contribution in [-0.4, -0.2) is 0 Å². The number of fused-ring (bicyclic) bond motifs is 15. The number of thiophene rings is 10. The summed E-state index contributed by atoms with van der Waals surface area (Å²) in [5.41, 5.74) is 10.2. The Hall–Kier alpha value is -7.42. The van der Waals surface area contributed by atoms with Gasteiger partial charge in [-0.2, -0.15) is 0 Å². The molecule has 0 aliphatic carbocycles. The molecule has 0 aliphatic heterocycles. The highest BCUT2D eigenvalue weighted by Gasteiger charge is 2.19. The van der Waals surface area contributed by atoms with Crippen molar-refractivity contribution in [2.24, 2.45) is 0 Å². The fourth-order valence-corrected chi connectivity index (χ4v) is 24.1. The minimum Gasteiger partial charge on any atom is -0.142 e. The molecule has 9 aromatic carbocycles. The zero-order valence-corrected chi connectivity index (χ0v) is 52.2. The fourth-order valence-electron chi connectivity index (χ4n) is 12.3. The van der Waals surface area contributed by atoms with E-state index in [4.69, 9.17) is 0 Å². The molecule has 0 N–H and O–H groups in total. The average Bonchev–Trinajstić information content (AvgIpc) is 3.16. The molecule has 0 saturated carbocycles. The molecule has 19 aromatic rings. The summed E-state index contributed by atoms with van der Waals surface area (Å²) in [5, 5.41) is 17.6. The smallest absolute Gasteiger partial charge is 0.0527 e. The molecule has 10 aromatic heterocycles. The molecule has 0 spiro atoms. The van der Waals surface area contributed by atoms with Gasteiger partial charge in [0.15, 0.2) is 0 Å². The molecule has 0 nitrogen and oxygen atoms in total. The van der Waals surface area contributed by atoms with Gasteiger partial charge < -0.3 is 0 Å². The van der Waals surface area contributed by atoms with Crippen LogP contribution in [0.1, 0.15) is 0 Å². The summed E-state index contributed by atoms with van der Waals surface area (Å²) in [6, 6.07) is 83.3. The third-order valence-corrected chi connectivity index (χ3v) is 28.7. The lowest BCUT2D eigenvalue weighted by Gasteiger charge is -2.02. The molecule has 394 valence electrons. The first-order valence-electron chi connectivity index (χ1n) is 27.6. The van der Waals surface area contributed by atoms with Crippen molar-refractivity contribution in [1.29, 1.82) is 0 Å². The highest BCUT2D eigenvalue weighted by atomic mass is 32.1. The third kappa shape index (κ3) is 7.93. The van der Waals surface area contributed by atoms with Crippen molar-refractivity contribution in [2.75, 3.05) is 0 Å². The van der Waals surface area contributed by atoms with Crippen molar-refractivity contribution < 1.29 is 0 Å². The SMILES string of the molecule is c1cc(-c2cc3ccc4ccsc4c3s2)cc(-c2cc3ccc4cc(-c5cccc(-c6cc7ccc8cc(-c9cccc(-c%10cc%11ccc%12cc(-c%13cccc(-c%14cc%15ccc%16ccsc%16c%15s%14)c%13)sc%12c%11s%10)c9)sc8c7s6)c5)sc4c3s2)c1. The molecule has 10 heteroatoms. The summed E-state index contributed by atoms with van der Waals surface area (Å²) in [4.78, 5) is 10.5. The first-order chi connectivity index (χ1) is 41.5. The minimum absolute atomic E-state index is 1.27. The molecule has 0 unspecified atom stereocenters. The largest absolute Gasteiger partial charge is 0.142 e. The van der Waals surface area contributed by atoms with Crippen LogP contribution >= 0.6 is 113 Å². The topological polar surface area (TPSA) is 0 Å². The van der Waals surface area contributed by atoms with Crippen LogP contribution in [0.2, 0.25) is 0 Å². The Kier molecular flexibility index (Phi) is 11.1. The van der Waals surface area contributed by atoms with Crippen molar-refractivity contribution in [3.05, 3.63) is 229 Å². The van der Waals surface area contributed by atoms with E-state index < -0.39 is 0 Å². The molecule has 0 saturated heterocycles. The van der Waals surface area contributed by atoms with Gasteiger partial charge in [0.05, 0.1) is 47.0 Å². The second-order valence-corrected chi connectivity index (χ2v) is 31.8. The number of hydrogen-bond acceptors (Lipinski definition) is 10. The van der Waals surface area contributed by atoms with Gasteiger partial charge in [-0.1, -0.05) is 133 Å². The zero-order chi connectivity index (χ0) is 54.7. The van der Waals surface area contributed by atoms with Crippen molar-refractivity contribution in [2.45, 2.75) is 0 Å². The second kappa shape index (κ2) is 19.0. The van der Waals surface area contributed by atoms with Crippen LogP contribution in [-0.2, 0) is 0 Å². The van der Waals surface area contributed by atoms with Crippen LogP contribution in [0.15, 0.2) is 229 Å². The molecule has 0 atom stereocenters. The van der Waals surface area contributed by atoms with Gasteiger partial charge in [-0.15, -0.1) is 113 Å². The van der Waals surface area contributed by atoms with E-state index in [0.717, 1.165) is 0 Å². The lowest BCUT2D eigenvalue weighted by atomic mass is 10.1. The monoisotopic (exact) mass is 1250 g/mol. The van der Waals surface area contributed by atoms with E-state index in [1.165, 1.54) is 184 Å². The van der Waals surface area contributed by atoms with Gasteiger partial charge in [0, 0.05) is 39.0 Å². The van der Waals surface area contributed by atoms with Crippen LogP contribution in [0.25, 0.3) is 184 Å². The number of rotatable bonds is 8. The van der Waals surface area contributed by atoms with Gasteiger partial charge in [-0.25, -0.2) is 0 Å². The fraction of sp³-hybridized carbons (Fsp3) is 0. The maximum atomic E-state index is 2.41. The van der Waals surface area contributed by atoms with Crippen LogP contribution < -0.4 is 0 Å². The maximum Gasteiger partial charge on any atom is 0.0527 e. The van der Waals surface area contributed by atoms with Gasteiger partial charge >= 0.3 is 0 Å². The molecule has 0 aliphatic rings. The highest BCUT2D eigenvalue weighted by Crippen LogP contribution is 2.50. The van der Waals surface area contributed by atoms with Gasteiger partial charge in [0.25, 0.3) is 0 Å². The summed E-state index contributed by atoms with van der Waals surface area (Å²) >= 11 is 19.1. The molecule has 0 radical (unpaired) electrons. The predicted octanol–water partition coefficient (Wildman–Crippen LogP) is 27.2. The Morgan fingerprint density at radius 1 is 0.155 bits per heavy atom. The summed E-state index contributed by atoms with van der Waals surface area (Å²) in [7, 11) is 0. The van der Waals surface area contributed by atoms with Crippen LogP contribution in [0, 0.1) is 0 Å². The molecule has 0 fully saturated rings. The molecule has 0 amide bonds. The Morgan fingerprint density at radius 3 is 0.536 bits per heavy atom. The Balaban J connectivity index is 0.599. The van der Waals surface area contributed by atoms with Crippen molar-refractivity contribution in [3.8, 4) is 83.5 Å². The van der Waals surface area contributed by atoms with Crippen LogP contribution in [0.4, 0.5) is 0 Å². The number of hydrogen-bond donors (Lipinski definition) is 0. The Morgan fingerprint density at radius 2 is 0.333 bits per heavy atom. The Bertz CT molecular complexity index is 5540. The predicted molar refractivity (Wildman–Crippen MR) is 384 cm³/mol. The van der Waals surface area contributed by atoms with Gasteiger partial charge in [0.1, 0.15) is 0 Å². The molecular formula is C74H38S10. The van der Waals surface area contributed by atoms with Gasteiger partial charge in [-0.3, -0.25) is 0 Å². The van der Waals surface area contributed by atoms with Crippen LogP contribution in [0.3, 0.4) is 0 Å². The standard InChI is InChI=1S/C74H38S10/c1-5-41(57-31-49-15-13-39-23-25-75-65(39)67(49)77-57)27-43(7-1)59-33-51-17-19-53-35-61(81-71(53)69(51)79-59)45-9-3-11-47(29-45)63-37-55-21-22-56-38-64(84-74(56)73(55)83-63)48-12-4-10-46(30-48)62-36-54-20-18-52-34-60(80-70(52)72(54)82-62)44-8-2-6-42(28-44)58-32-50-16-14-40-24-26-76-66(40)68(50)78-58/h1-38H. The first-order valence-corrected chi connectivity index (χ1v) is 35.9. The summed E-state index contributed by atoms with van der Waals surface area (Å²) < 4.78 is 13.8. The van der Waals surface area contributed by atoms with E-state index in [1.54, 1.807) is 0 Å². The third-order valence-electron chi connectivity index (χ3n) is 16.4. The van der Waals surface area contributed by atoms with Crippen molar-refractivity contribution in [3.63, 3.8) is 0 Å². The van der Waals surface area contributed by atoms with E-state index in [0.29, 0.717) is 0 Å². The minimum atomic E-state index is 1.27. The molecular weight excluding hydrogens is 1210 g/mol. The van der Waals surface area contributed by atoms with Crippen LogP contribution in [0.5, 0.6) is 0 Å². The molecule has 0 bridgehead atoms. The van der Waals surface area contributed by atoms with Gasteiger partial charge in [-0.05, 0) is 194 Å². The second-order valence-electron chi connectivity index (χ2n) is 21.6. The highest BCUT2D eigenvalue weighted by molar-refractivity contribution is 7.32. The first kappa shape index (κ1) is 48.9. The molecule has 10 heterocycles. The summed E-state index contributed by atoms with van der Waals surface area (Å²) in [6.45, 7) is 0. The average molecular weight is 1250 g/mol. The Labute approximate surface area is 521 Å². The summed E-state index contributed by atoms with van der Waals surface area (Å²) in [6.07, 6.45) is 0. The van der Waals surface area contributed by atoms with E-state index in [9.17, 15) is 0 Å². The lowest BCUT2D eigenvalue weighted by molar-refractivity contribution is 1.69. The van der Waals surface area contributed by atoms with Crippen molar-refractivity contribution in [1.82, 2.24) is 0 Å². The van der Waals surface area contributed by atoms with E-state index >= 15 is 0 Å². The van der Waals surface area contributed by atoms with E-state index in [1.807, 2.05) is 113 Å².